The zero-order valence-electron chi connectivity index (χ0n) is 15.7. The Morgan fingerprint density at radius 2 is 1.58 bits per heavy atom. The van der Waals surface area contributed by atoms with Gasteiger partial charge in [-0.2, -0.15) is 0 Å². The van der Waals surface area contributed by atoms with E-state index >= 15 is 0 Å². The Bertz CT molecular complexity index is 657. The van der Waals surface area contributed by atoms with Crippen LogP contribution < -0.4 is 20.1 Å². The average Bonchev–Trinajstić information content (AvgIpc) is 2.65. The van der Waals surface area contributed by atoms with E-state index in [2.05, 4.69) is 24.5 Å². The number of carbonyl (C=O) groups excluding carboxylic acids is 1. The van der Waals surface area contributed by atoms with Gasteiger partial charge in [-0.3, -0.25) is 4.79 Å². The third kappa shape index (κ3) is 6.67. The summed E-state index contributed by atoms with van der Waals surface area (Å²) in [5.74, 6) is 1.67. The molecule has 26 heavy (non-hydrogen) atoms. The number of hydrogen-bond donors (Lipinski definition) is 2. The van der Waals surface area contributed by atoms with E-state index in [1.54, 1.807) is 12.1 Å². The second kappa shape index (κ2) is 10.3. The Morgan fingerprint density at radius 1 is 0.962 bits per heavy atom. The van der Waals surface area contributed by atoms with Gasteiger partial charge in [0, 0.05) is 18.3 Å². The van der Waals surface area contributed by atoms with Crippen LogP contribution in [0.5, 0.6) is 11.5 Å². The maximum absolute atomic E-state index is 12.1. The van der Waals surface area contributed by atoms with Crippen molar-refractivity contribution in [3.8, 4) is 11.5 Å². The smallest absolute Gasteiger partial charge is 0.258 e. The lowest BCUT2D eigenvalue weighted by molar-refractivity contribution is -0.123. The minimum atomic E-state index is -0.139. The van der Waals surface area contributed by atoms with Crippen molar-refractivity contribution in [3.05, 3.63) is 54.6 Å². The number of amides is 1. The predicted molar refractivity (Wildman–Crippen MR) is 105 cm³/mol. The Balaban J connectivity index is 1.77. The Labute approximate surface area is 155 Å². The zero-order chi connectivity index (χ0) is 18.8. The van der Waals surface area contributed by atoms with E-state index in [1.165, 1.54) is 0 Å². The van der Waals surface area contributed by atoms with Crippen LogP contribution in [0.3, 0.4) is 0 Å². The van der Waals surface area contributed by atoms with Crippen LogP contribution in [0.4, 0.5) is 5.69 Å². The first-order valence-corrected chi connectivity index (χ1v) is 9.02. The van der Waals surface area contributed by atoms with Gasteiger partial charge in [-0.1, -0.05) is 32.0 Å². The molecule has 5 nitrogen and oxygen atoms in total. The van der Waals surface area contributed by atoms with Crippen molar-refractivity contribution in [1.82, 2.24) is 5.32 Å². The van der Waals surface area contributed by atoms with Gasteiger partial charge in [0.1, 0.15) is 11.5 Å². The standard InChI is InChI=1S/C21H28N2O3/c1-4-25-18-10-12-19(13-11-18)26-15-21(24)22-14-20(16(2)3)23-17-8-6-5-7-9-17/h5-13,16,20,23H,4,14-15H2,1-3H3,(H,22,24)/t20-/m1/s1. The normalized spacial score (nSPS) is 11.7. The third-order valence-corrected chi connectivity index (χ3v) is 3.95. The average molecular weight is 356 g/mol. The molecule has 1 amide bonds. The maximum atomic E-state index is 12.1. The van der Waals surface area contributed by atoms with Crippen molar-refractivity contribution in [1.29, 1.82) is 0 Å². The summed E-state index contributed by atoms with van der Waals surface area (Å²) in [5.41, 5.74) is 1.05. The van der Waals surface area contributed by atoms with Gasteiger partial charge in [0.05, 0.1) is 6.61 Å². The number of ether oxygens (including phenoxy) is 2. The molecule has 2 aromatic rings. The van der Waals surface area contributed by atoms with Crippen LogP contribution in [0, 0.1) is 5.92 Å². The van der Waals surface area contributed by atoms with E-state index in [1.807, 2.05) is 49.4 Å². The minimum absolute atomic E-state index is 0.00979. The van der Waals surface area contributed by atoms with E-state index in [0.717, 1.165) is 11.4 Å². The molecule has 0 saturated heterocycles. The van der Waals surface area contributed by atoms with Crippen LogP contribution in [-0.2, 0) is 4.79 Å². The highest BCUT2D eigenvalue weighted by Gasteiger charge is 2.14. The summed E-state index contributed by atoms with van der Waals surface area (Å²) in [5, 5.41) is 6.39. The van der Waals surface area contributed by atoms with Crippen molar-refractivity contribution < 1.29 is 14.3 Å². The van der Waals surface area contributed by atoms with Gasteiger partial charge < -0.3 is 20.1 Å². The summed E-state index contributed by atoms with van der Waals surface area (Å²) in [7, 11) is 0. The molecule has 0 spiro atoms. The van der Waals surface area contributed by atoms with Gasteiger partial charge in [0.15, 0.2) is 6.61 Å². The summed E-state index contributed by atoms with van der Waals surface area (Å²) in [4.78, 5) is 12.1. The van der Waals surface area contributed by atoms with E-state index in [-0.39, 0.29) is 18.6 Å². The van der Waals surface area contributed by atoms with Crippen LogP contribution in [0.2, 0.25) is 0 Å². The molecule has 140 valence electrons. The number of hydrogen-bond acceptors (Lipinski definition) is 4. The van der Waals surface area contributed by atoms with E-state index < -0.39 is 0 Å². The van der Waals surface area contributed by atoms with Crippen LogP contribution in [0.1, 0.15) is 20.8 Å². The first kappa shape index (κ1) is 19.6. The highest BCUT2D eigenvalue weighted by atomic mass is 16.5. The molecule has 0 saturated carbocycles. The van der Waals surface area contributed by atoms with E-state index in [4.69, 9.17) is 9.47 Å². The minimum Gasteiger partial charge on any atom is -0.494 e. The lowest BCUT2D eigenvalue weighted by Crippen LogP contribution is -2.41. The number of para-hydroxylation sites is 1. The SMILES string of the molecule is CCOc1ccc(OCC(=O)NC[C@@H](Nc2ccccc2)C(C)C)cc1. The quantitative estimate of drug-likeness (QED) is 0.681. The summed E-state index contributed by atoms with van der Waals surface area (Å²) in [6.45, 7) is 7.34. The van der Waals surface area contributed by atoms with Crippen molar-refractivity contribution in [2.24, 2.45) is 5.92 Å². The van der Waals surface area contributed by atoms with Crippen molar-refractivity contribution in [3.63, 3.8) is 0 Å². The predicted octanol–water partition coefficient (Wildman–Crippen LogP) is 3.72. The molecule has 0 aliphatic rings. The number of nitrogens with one attached hydrogen (secondary N) is 2. The molecule has 0 radical (unpaired) electrons. The third-order valence-electron chi connectivity index (χ3n) is 3.95. The van der Waals surface area contributed by atoms with Crippen molar-refractivity contribution >= 4 is 11.6 Å². The molecule has 2 N–H and O–H groups in total. The molecule has 0 aromatic heterocycles. The second-order valence-corrected chi connectivity index (χ2v) is 6.36. The van der Waals surface area contributed by atoms with E-state index in [9.17, 15) is 4.79 Å². The molecule has 0 aliphatic carbocycles. The lowest BCUT2D eigenvalue weighted by Gasteiger charge is -2.24. The number of anilines is 1. The molecular weight excluding hydrogens is 328 g/mol. The van der Waals surface area contributed by atoms with Crippen molar-refractivity contribution in [2.45, 2.75) is 26.8 Å². The van der Waals surface area contributed by atoms with E-state index in [0.29, 0.717) is 24.8 Å². The van der Waals surface area contributed by atoms with Gasteiger partial charge in [-0.25, -0.2) is 0 Å². The highest BCUT2D eigenvalue weighted by Crippen LogP contribution is 2.17. The molecule has 0 unspecified atom stereocenters. The molecule has 0 bridgehead atoms. The fraction of sp³-hybridized carbons (Fsp3) is 0.381. The Morgan fingerprint density at radius 3 is 2.15 bits per heavy atom. The summed E-state index contributed by atoms with van der Waals surface area (Å²) in [6.07, 6.45) is 0. The van der Waals surface area contributed by atoms with Gasteiger partial charge in [0.25, 0.3) is 5.91 Å². The molecule has 5 heteroatoms. The second-order valence-electron chi connectivity index (χ2n) is 6.36. The van der Waals surface area contributed by atoms with Crippen LogP contribution in [-0.4, -0.2) is 31.7 Å². The molecule has 0 aliphatic heterocycles. The zero-order valence-corrected chi connectivity index (χ0v) is 15.7. The number of benzene rings is 2. The van der Waals surface area contributed by atoms with Crippen LogP contribution in [0.15, 0.2) is 54.6 Å². The lowest BCUT2D eigenvalue weighted by atomic mass is 10.0. The molecule has 0 fully saturated rings. The fourth-order valence-electron chi connectivity index (χ4n) is 2.42. The maximum Gasteiger partial charge on any atom is 0.258 e. The first-order chi connectivity index (χ1) is 12.6. The molecule has 1 atom stereocenters. The summed E-state index contributed by atoms with van der Waals surface area (Å²) in [6, 6.07) is 17.4. The monoisotopic (exact) mass is 356 g/mol. The van der Waals surface area contributed by atoms with Gasteiger partial charge in [-0.15, -0.1) is 0 Å². The summed E-state index contributed by atoms with van der Waals surface area (Å²) >= 11 is 0. The van der Waals surface area contributed by atoms with Crippen LogP contribution >= 0.6 is 0 Å². The van der Waals surface area contributed by atoms with Gasteiger partial charge in [-0.05, 0) is 49.2 Å². The van der Waals surface area contributed by atoms with Gasteiger partial charge >= 0.3 is 0 Å². The number of carbonyl (C=O) groups is 1. The highest BCUT2D eigenvalue weighted by molar-refractivity contribution is 5.77. The fourth-order valence-corrected chi connectivity index (χ4v) is 2.42. The van der Waals surface area contributed by atoms with Crippen LogP contribution in [0.25, 0.3) is 0 Å². The number of rotatable bonds is 10. The molecular formula is C21H28N2O3. The van der Waals surface area contributed by atoms with Gasteiger partial charge in [0.2, 0.25) is 0 Å². The largest absolute Gasteiger partial charge is 0.494 e. The molecule has 0 heterocycles. The Kier molecular flexibility index (Phi) is 7.80. The summed E-state index contributed by atoms with van der Waals surface area (Å²) < 4.78 is 10.9. The molecule has 2 aromatic carbocycles. The van der Waals surface area contributed by atoms with Crippen molar-refractivity contribution in [2.75, 3.05) is 25.1 Å². The Hall–Kier alpha value is -2.69. The molecule has 2 rings (SSSR count). The topological polar surface area (TPSA) is 59.6 Å². The first-order valence-electron chi connectivity index (χ1n) is 9.02.